The molecule has 0 radical (unpaired) electrons. The first-order chi connectivity index (χ1) is 7.41. The fourth-order valence-electron chi connectivity index (χ4n) is 1.03. The molecule has 0 heterocycles. The van der Waals surface area contributed by atoms with E-state index in [1.54, 1.807) is 0 Å². The van der Waals surface area contributed by atoms with Crippen molar-refractivity contribution < 1.29 is 22.5 Å². The molecule has 0 spiro atoms. The number of nitro groups is 1. The maximum absolute atomic E-state index is 13.1. The summed E-state index contributed by atoms with van der Waals surface area (Å²) in [5, 5.41) is 10.2. The van der Waals surface area contributed by atoms with Crippen LogP contribution in [0.25, 0.3) is 0 Å². The Morgan fingerprint density at radius 1 is 1.12 bits per heavy atom. The molecule has 0 aliphatic heterocycles. The molecule has 0 aliphatic carbocycles. The van der Waals surface area contributed by atoms with Crippen LogP contribution in [0.1, 0.15) is 6.92 Å². The third-order valence-corrected chi connectivity index (χ3v) is 2.61. The van der Waals surface area contributed by atoms with Crippen molar-refractivity contribution in [2.45, 2.75) is 11.8 Å². The summed E-state index contributed by atoms with van der Waals surface area (Å²) < 4.78 is 52.4. The van der Waals surface area contributed by atoms with E-state index in [1.807, 2.05) is 0 Å². The SMILES string of the molecule is CCSc1c(F)c(F)c([N+](=O)[O-])c(F)c1F. The number of halogens is 4. The van der Waals surface area contributed by atoms with Gasteiger partial charge in [-0.1, -0.05) is 6.92 Å². The summed E-state index contributed by atoms with van der Waals surface area (Å²) in [4.78, 5) is 7.81. The highest BCUT2D eigenvalue weighted by Crippen LogP contribution is 2.34. The monoisotopic (exact) mass is 255 g/mol. The number of nitro benzene ring substituents is 1. The molecule has 0 bridgehead atoms. The zero-order valence-corrected chi connectivity index (χ0v) is 8.71. The Labute approximate surface area is 91.6 Å². The molecule has 88 valence electrons. The lowest BCUT2D eigenvalue weighted by molar-refractivity contribution is -0.390. The Bertz CT molecular complexity index is 423. The lowest BCUT2D eigenvalue weighted by atomic mass is 10.2. The molecule has 0 amide bonds. The number of hydrogen-bond acceptors (Lipinski definition) is 3. The van der Waals surface area contributed by atoms with Crippen molar-refractivity contribution in [2.75, 3.05) is 5.75 Å². The Kier molecular flexibility index (Phi) is 3.74. The summed E-state index contributed by atoms with van der Waals surface area (Å²) in [5.74, 6) is -7.28. The van der Waals surface area contributed by atoms with Crippen molar-refractivity contribution in [3.63, 3.8) is 0 Å². The van der Waals surface area contributed by atoms with Gasteiger partial charge in [0.25, 0.3) is 0 Å². The van der Waals surface area contributed by atoms with E-state index in [-0.39, 0.29) is 5.75 Å². The van der Waals surface area contributed by atoms with Gasteiger partial charge in [-0.2, -0.15) is 8.78 Å². The minimum absolute atomic E-state index is 0.171. The van der Waals surface area contributed by atoms with Crippen molar-refractivity contribution in [3.05, 3.63) is 33.4 Å². The average Bonchev–Trinajstić information content (AvgIpc) is 2.21. The van der Waals surface area contributed by atoms with Crippen LogP contribution in [0.15, 0.2) is 4.90 Å². The van der Waals surface area contributed by atoms with Gasteiger partial charge in [0.2, 0.25) is 11.6 Å². The predicted octanol–water partition coefficient (Wildman–Crippen LogP) is 3.26. The van der Waals surface area contributed by atoms with Gasteiger partial charge in [-0.25, -0.2) is 8.78 Å². The average molecular weight is 255 g/mol. The molecule has 0 saturated heterocycles. The van der Waals surface area contributed by atoms with Crippen LogP contribution in [-0.2, 0) is 0 Å². The third kappa shape index (κ3) is 1.97. The second-order valence-corrected chi connectivity index (χ2v) is 3.90. The molecular weight excluding hydrogens is 250 g/mol. The van der Waals surface area contributed by atoms with Crippen LogP contribution in [0.5, 0.6) is 0 Å². The summed E-state index contributed by atoms with van der Waals surface area (Å²) in [5.41, 5.74) is -1.81. The molecule has 0 unspecified atom stereocenters. The van der Waals surface area contributed by atoms with E-state index in [0.29, 0.717) is 11.8 Å². The number of benzene rings is 1. The van der Waals surface area contributed by atoms with Gasteiger partial charge < -0.3 is 0 Å². The first-order valence-electron chi connectivity index (χ1n) is 4.04. The number of rotatable bonds is 3. The van der Waals surface area contributed by atoms with E-state index in [1.165, 1.54) is 6.92 Å². The van der Waals surface area contributed by atoms with Gasteiger partial charge in [-0.05, 0) is 5.75 Å². The molecule has 8 heteroatoms. The molecule has 0 atom stereocenters. The minimum Gasteiger partial charge on any atom is -0.258 e. The van der Waals surface area contributed by atoms with Crippen molar-refractivity contribution in [1.82, 2.24) is 0 Å². The van der Waals surface area contributed by atoms with Crippen LogP contribution in [0, 0.1) is 33.4 Å². The second kappa shape index (κ2) is 4.69. The quantitative estimate of drug-likeness (QED) is 0.274. The zero-order valence-electron chi connectivity index (χ0n) is 7.89. The summed E-state index contributed by atoms with van der Waals surface area (Å²) in [6.45, 7) is 1.51. The van der Waals surface area contributed by atoms with Crippen LogP contribution >= 0.6 is 11.8 Å². The summed E-state index contributed by atoms with van der Waals surface area (Å²) >= 11 is 0.525. The van der Waals surface area contributed by atoms with E-state index in [4.69, 9.17) is 0 Å². The Hall–Kier alpha value is -1.31. The summed E-state index contributed by atoms with van der Waals surface area (Å²) in [7, 11) is 0. The molecule has 0 aromatic heterocycles. The van der Waals surface area contributed by atoms with Crippen molar-refractivity contribution in [2.24, 2.45) is 0 Å². The Morgan fingerprint density at radius 2 is 1.56 bits per heavy atom. The molecular formula is C8H5F4NO2S. The number of hydrogen-bond donors (Lipinski definition) is 0. The van der Waals surface area contributed by atoms with Crippen LogP contribution in [0.3, 0.4) is 0 Å². The van der Waals surface area contributed by atoms with Gasteiger partial charge >= 0.3 is 5.69 Å². The lowest BCUT2D eigenvalue weighted by Crippen LogP contribution is -2.05. The molecule has 16 heavy (non-hydrogen) atoms. The fourth-order valence-corrected chi connectivity index (χ4v) is 1.75. The fraction of sp³-hybridized carbons (Fsp3) is 0.250. The molecule has 0 fully saturated rings. The largest absolute Gasteiger partial charge is 0.346 e. The van der Waals surface area contributed by atoms with Crippen molar-refractivity contribution >= 4 is 17.4 Å². The maximum atomic E-state index is 13.1. The van der Waals surface area contributed by atoms with Crippen LogP contribution in [0.2, 0.25) is 0 Å². The molecule has 3 nitrogen and oxygen atoms in total. The van der Waals surface area contributed by atoms with Gasteiger partial charge in [-0.3, -0.25) is 10.1 Å². The van der Waals surface area contributed by atoms with Gasteiger partial charge in [0.15, 0.2) is 11.6 Å². The third-order valence-electron chi connectivity index (χ3n) is 1.67. The van der Waals surface area contributed by atoms with Gasteiger partial charge in [0.1, 0.15) is 0 Å². The minimum atomic E-state index is -1.99. The topological polar surface area (TPSA) is 43.1 Å². The summed E-state index contributed by atoms with van der Waals surface area (Å²) in [6.07, 6.45) is 0. The molecule has 1 aromatic carbocycles. The van der Waals surface area contributed by atoms with Gasteiger partial charge in [-0.15, -0.1) is 11.8 Å². The van der Waals surface area contributed by atoms with Crippen LogP contribution < -0.4 is 0 Å². The highest BCUT2D eigenvalue weighted by atomic mass is 32.2. The second-order valence-electron chi connectivity index (χ2n) is 2.62. The first-order valence-corrected chi connectivity index (χ1v) is 5.03. The Morgan fingerprint density at radius 3 is 1.88 bits per heavy atom. The van der Waals surface area contributed by atoms with E-state index in [9.17, 15) is 27.7 Å². The zero-order chi connectivity index (χ0) is 12.5. The maximum Gasteiger partial charge on any atom is 0.346 e. The van der Waals surface area contributed by atoms with E-state index >= 15 is 0 Å². The van der Waals surface area contributed by atoms with E-state index in [2.05, 4.69) is 0 Å². The number of thioether (sulfide) groups is 1. The van der Waals surface area contributed by atoms with Gasteiger partial charge in [0.05, 0.1) is 9.82 Å². The van der Waals surface area contributed by atoms with Crippen LogP contribution in [-0.4, -0.2) is 10.7 Å². The summed E-state index contributed by atoms with van der Waals surface area (Å²) in [6, 6.07) is 0. The van der Waals surface area contributed by atoms with Crippen molar-refractivity contribution in [3.8, 4) is 0 Å². The molecule has 1 rings (SSSR count). The highest BCUT2D eigenvalue weighted by Gasteiger charge is 2.32. The standard InChI is InChI=1S/C8H5F4NO2S/c1-2-16-8-5(11)3(9)7(13(14)15)4(10)6(8)12/h2H2,1H3. The lowest BCUT2D eigenvalue weighted by Gasteiger charge is -2.05. The van der Waals surface area contributed by atoms with Gasteiger partial charge in [0, 0.05) is 0 Å². The first kappa shape index (κ1) is 12.8. The van der Waals surface area contributed by atoms with Crippen LogP contribution in [0.4, 0.5) is 23.2 Å². The molecule has 0 aliphatic rings. The molecule has 1 aromatic rings. The van der Waals surface area contributed by atoms with Crippen molar-refractivity contribution in [1.29, 1.82) is 0 Å². The number of nitrogens with zero attached hydrogens (tertiary/aromatic N) is 1. The molecule has 0 N–H and O–H groups in total. The van der Waals surface area contributed by atoms with E-state index in [0.717, 1.165) is 0 Å². The normalized spacial score (nSPS) is 10.6. The Balaban J connectivity index is 3.56. The predicted molar refractivity (Wildman–Crippen MR) is 49.3 cm³/mol. The smallest absolute Gasteiger partial charge is 0.258 e. The highest BCUT2D eigenvalue weighted by molar-refractivity contribution is 7.99. The molecule has 0 saturated carbocycles. The van der Waals surface area contributed by atoms with E-state index < -0.39 is 38.8 Å².